The number of anilines is 3. The fraction of sp³-hybridized carbons (Fsp3) is 0.0345. The van der Waals surface area contributed by atoms with E-state index in [1.165, 1.54) is 4.57 Å². The van der Waals surface area contributed by atoms with E-state index < -0.39 is 20.4 Å². The molecule has 0 bridgehead atoms. The number of nitrogens with two attached hydrogens (primary N) is 1. The van der Waals surface area contributed by atoms with Crippen molar-refractivity contribution in [3.8, 4) is 28.3 Å². The largest absolute Gasteiger partial charge is 0.397 e. The van der Waals surface area contributed by atoms with Crippen molar-refractivity contribution in [2.75, 3.05) is 17.3 Å². The van der Waals surface area contributed by atoms with E-state index in [1.54, 1.807) is 79.0 Å². The minimum atomic E-state index is -4.06. The van der Waals surface area contributed by atoms with Crippen molar-refractivity contribution >= 4 is 43.7 Å². The smallest absolute Gasteiger partial charge is 0.270 e. The van der Waals surface area contributed by atoms with Crippen LogP contribution in [0, 0.1) is 5.41 Å². The second-order valence-corrected chi connectivity index (χ2v) is 11.3. The zero-order valence-corrected chi connectivity index (χ0v) is 22.7. The molecular formula is C29H23ClN6O3S. The van der Waals surface area contributed by atoms with Crippen molar-refractivity contribution in [3.63, 3.8) is 0 Å². The third-order valence-electron chi connectivity index (χ3n) is 6.03. The molecule has 0 atom stereocenters. The quantitative estimate of drug-likeness (QED) is 0.185. The molecule has 0 saturated carbocycles. The second-order valence-electron chi connectivity index (χ2n) is 8.92. The van der Waals surface area contributed by atoms with Crippen LogP contribution < -0.4 is 16.6 Å². The van der Waals surface area contributed by atoms with E-state index in [4.69, 9.17) is 27.7 Å². The summed E-state index contributed by atoms with van der Waals surface area (Å²) >= 11 is 6.10. The van der Waals surface area contributed by atoms with Gasteiger partial charge in [0.15, 0.2) is 14.9 Å². The molecule has 0 aliphatic rings. The van der Waals surface area contributed by atoms with E-state index in [9.17, 15) is 13.2 Å². The van der Waals surface area contributed by atoms with Gasteiger partial charge < -0.3 is 11.1 Å². The average molecular weight is 571 g/mol. The molecule has 2 aromatic heterocycles. The van der Waals surface area contributed by atoms with Gasteiger partial charge in [0.1, 0.15) is 17.2 Å². The number of aromatic nitrogens is 3. The molecule has 200 valence electrons. The lowest BCUT2D eigenvalue weighted by molar-refractivity contribution is 0.612. The van der Waals surface area contributed by atoms with Crippen LogP contribution in [0.15, 0.2) is 102 Å². The zero-order valence-electron chi connectivity index (χ0n) is 21.2. The van der Waals surface area contributed by atoms with Crippen molar-refractivity contribution in [1.29, 1.82) is 5.41 Å². The molecule has 2 heterocycles. The molecule has 0 unspecified atom stereocenters. The number of rotatable bonds is 6. The maximum Gasteiger partial charge on any atom is 0.270 e. The summed E-state index contributed by atoms with van der Waals surface area (Å²) in [5.41, 5.74) is 8.27. The Hall–Kier alpha value is -4.80. The Morgan fingerprint density at radius 3 is 2.17 bits per heavy atom. The van der Waals surface area contributed by atoms with Gasteiger partial charge in [-0.2, -0.15) is 0 Å². The number of para-hydroxylation sites is 1. The van der Waals surface area contributed by atoms with Gasteiger partial charge in [0.05, 0.1) is 23.3 Å². The molecule has 0 fully saturated rings. The van der Waals surface area contributed by atoms with Crippen LogP contribution in [0.25, 0.3) is 28.3 Å². The van der Waals surface area contributed by atoms with Gasteiger partial charge >= 0.3 is 0 Å². The summed E-state index contributed by atoms with van der Waals surface area (Å²) < 4.78 is 26.2. The minimum Gasteiger partial charge on any atom is -0.397 e. The van der Waals surface area contributed by atoms with E-state index in [0.717, 1.165) is 11.8 Å². The molecule has 0 saturated heterocycles. The highest BCUT2D eigenvalue weighted by Crippen LogP contribution is 2.28. The number of sulfone groups is 1. The van der Waals surface area contributed by atoms with Crippen LogP contribution in [0.3, 0.4) is 0 Å². The number of nitrogens with one attached hydrogen (secondary N) is 2. The first-order chi connectivity index (χ1) is 19.1. The molecule has 0 aliphatic carbocycles. The van der Waals surface area contributed by atoms with Crippen molar-refractivity contribution in [2.24, 2.45) is 0 Å². The summed E-state index contributed by atoms with van der Waals surface area (Å²) in [6.07, 6.45) is 2.45. The fourth-order valence-electron chi connectivity index (χ4n) is 4.05. The highest BCUT2D eigenvalue weighted by Gasteiger charge is 2.27. The van der Waals surface area contributed by atoms with Crippen LogP contribution in [-0.2, 0) is 9.84 Å². The first-order valence-corrected chi connectivity index (χ1v) is 14.2. The number of nitrogen functional groups attached to an aromatic ring is 1. The minimum absolute atomic E-state index is 0.0592. The molecule has 11 heteroatoms. The highest BCUT2D eigenvalue weighted by molar-refractivity contribution is 8.06. The summed E-state index contributed by atoms with van der Waals surface area (Å²) in [7, 11) is -4.06. The predicted molar refractivity (Wildman–Crippen MR) is 159 cm³/mol. The summed E-state index contributed by atoms with van der Waals surface area (Å²) in [6.45, 7) is 0. The SMILES string of the molecule is CS(=O)(=O)C(=N)c1c(Nc2ccccc2)nc(-c2ccc(-c3ccc(N)cn3)cc2)n(-c2ccc(Cl)cc2)c1=O. The van der Waals surface area contributed by atoms with Crippen LogP contribution in [0.1, 0.15) is 5.56 Å². The standard InChI is InChI=1S/C29H23ClN6O3S/c1-40(38,39)26(32)25-27(34-22-5-3-2-4-6-22)35-28(36(29(25)37)23-14-11-20(30)12-15-23)19-9-7-18(8-10-19)24-16-13-21(31)17-33-24/h2-17,32,34H,31H2,1H3. The summed E-state index contributed by atoms with van der Waals surface area (Å²) in [5, 5.41) is 11.1. The lowest BCUT2D eigenvalue weighted by Crippen LogP contribution is -2.32. The van der Waals surface area contributed by atoms with Gasteiger partial charge in [-0.1, -0.05) is 54.1 Å². The Morgan fingerprint density at radius 1 is 0.925 bits per heavy atom. The van der Waals surface area contributed by atoms with Crippen molar-refractivity contribution in [2.45, 2.75) is 0 Å². The van der Waals surface area contributed by atoms with Gasteiger partial charge in [-0.15, -0.1) is 0 Å². The molecule has 40 heavy (non-hydrogen) atoms. The van der Waals surface area contributed by atoms with Gasteiger partial charge in [0.25, 0.3) is 5.56 Å². The van der Waals surface area contributed by atoms with Crippen molar-refractivity contribution in [1.82, 2.24) is 14.5 Å². The van der Waals surface area contributed by atoms with E-state index in [2.05, 4.69) is 10.3 Å². The summed E-state index contributed by atoms with van der Waals surface area (Å²) in [4.78, 5) is 23.2. The Balaban J connectivity index is 1.76. The Bertz CT molecular complexity index is 1870. The lowest BCUT2D eigenvalue weighted by atomic mass is 10.1. The van der Waals surface area contributed by atoms with Gasteiger partial charge in [0.2, 0.25) is 0 Å². The first-order valence-electron chi connectivity index (χ1n) is 12.0. The van der Waals surface area contributed by atoms with E-state index in [0.29, 0.717) is 33.3 Å². The molecule has 0 spiro atoms. The lowest BCUT2D eigenvalue weighted by Gasteiger charge is -2.18. The molecule has 3 aromatic carbocycles. The zero-order chi connectivity index (χ0) is 28.4. The number of hydrogen-bond donors (Lipinski definition) is 3. The number of pyridine rings is 1. The van der Waals surface area contributed by atoms with Crippen LogP contribution in [0.5, 0.6) is 0 Å². The average Bonchev–Trinajstić information content (AvgIpc) is 2.94. The Morgan fingerprint density at radius 2 is 1.57 bits per heavy atom. The molecule has 4 N–H and O–H groups in total. The predicted octanol–water partition coefficient (Wildman–Crippen LogP) is 5.31. The Kier molecular flexibility index (Phi) is 7.20. The van der Waals surface area contributed by atoms with Crippen LogP contribution in [0.2, 0.25) is 5.02 Å². The van der Waals surface area contributed by atoms with Gasteiger partial charge in [-0.3, -0.25) is 19.8 Å². The molecule has 5 rings (SSSR count). The molecule has 9 nitrogen and oxygen atoms in total. The number of nitrogens with zero attached hydrogens (tertiary/aromatic N) is 3. The first kappa shape index (κ1) is 26.8. The molecule has 0 amide bonds. The summed E-state index contributed by atoms with van der Waals surface area (Å²) in [5.74, 6) is 0.170. The molecule has 5 aromatic rings. The third-order valence-corrected chi connectivity index (χ3v) is 7.23. The van der Waals surface area contributed by atoms with Gasteiger partial charge in [-0.05, 0) is 48.5 Å². The molecule has 0 radical (unpaired) electrons. The highest BCUT2D eigenvalue weighted by atomic mass is 35.5. The van der Waals surface area contributed by atoms with Crippen LogP contribution >= 0.6 is 11.6 Å². The number of benzene rings is 3. The maximum absolute atomic E-state index is 14.1. The van der Waals surface area contributed by atoms with E-state index >= 15 is 0 Å². The second kappa shape index (κ2) is 10.8. The van der Waals surface area contributed by atoms with Crippen LogP contribution in [0.4, 0.5) is 17.2 Å². The molecule has 0 aliphatic heterocycles. The van der Waals surface area contributed by atoms with E-state index in [1.807, 2.05) is 18.2 Å². The number of halogens is 1. The van der Waals surface area contributed by atoms with E-state index in [-0.39, 0.29) is 17.2 Å². The number of hydrogen-bond acceptors (Lipinski definition) is 8. The topological polar surface area (TPSA) is 144 Å². The molecular weight excluding hydrogens is 548 g/mol. The van der Waals surface area contributed by atoms with Gasteiger partial charge in [0, 0.05) is 28.1 Å². The normalized spacial score (nSPS) is 11.2. The van der Waals surface area contributed by atoms with Crippen LogP contribution in [-0.4, -0.2) is 34.3 Å². The fourth-order valence-corrected chi connectivity index (χ4v) is 4.73. The van der Waals surface area contributed by atoms with Crippen molar-refractivity contribution in [3.05, 3.63) is 118 Å². The third kappa shape index (κ3) is 5.49. The Labute approximate surface area is 235 Å². The van der Waals surface area contributed by atoms with Gasteiger partial charge in [-0.25, -0.2) is 13.4 Å². The maximum atomic E-state index is 14.1. The summed E-state index contributed by atoms with van der Waals surface area (Å²) in [6, 6.07) is 26.2. The van der Waals surface area contributed by atoms with Crippen molar-refractivity contribution < 1.29 is 8.42 Å². The monoisotopic (exact) mass is 570 g/mol.